The molecule has 0 bridgehead atoms. The monoisotopic (exact) mass is 235 g/mol. The molecule has 0 aliphatic carbocycles. The molecule has 0 aliphatic heterocycles. The minimum Gasteiger partial charge on any atom is -0.494 e. The lowest BCUT2D eigenvalue weighted by atomic mass is 10.1. The largest absolute Gasteiger partial charge is 0.494 e. The second-order valence-electron chi connectivity index (χ2n) is 4.56. The van der Waals surface area contributed by atoms with E-state index in [1.807, 2.05) is 0 Å². The van der Waals surface area contributed by atoms with Crippen molar-refractivity contribution in [2.75, 3.05) is 6.61 Å². The Morgan fingerprint density at radius 1 is 1.12 bits per heavy atom. The minimum absolute atomic E-state index is 0.594. The van der Waals surface area contributed by atoms with Crippen molar-refractivity contribution in [1.29, 1.82) is 0 Å². The Hall–Kier alpha value is -1.02. The van der Waals surface area contributed by atoms with E-state index in [0.29, 0.717) is 6.04 Å². The number of ether oxygens (including phenoxy) is 1. The number of benzene rings is 1. The quantitative estimate of drug-likeness (QED) is 0.741. The Morgan fingerprint density at radius 2 is 1.82 bits per heavy atom. The first kappa shape index (κ1) is 14.0. The summed E-state index contributed by atoms with van der Waals surface area (Å²) in [6, 6.07) is 8.97. The summed E-state index contributed by atoms with van der Waals surface area (Å²) in [6.45, 7) is 8.31. The van der Waals surface area contributed by atoms with E-state index in [-0.39, 0.29) is 0 Å². The number of hydrogen-bond donors (Lipinski definition) is 1. The van der Waals surface area contributed by atoms with Gasteiger partial charge in [-0.25, -0.2) is 0 Å². The third-order valence-corrected chi connectivity index (χ3v) is 2.77. The Kier molecular flexibility index (Phi) is 6.71. The molecule has 0 heterocycles. The molecule has 2 nitrogen and oxygen atoms in total. The summed E-state index contributed by atoms with van der Waals surface area (Å²) in [4.78, 5) is 0. The van der Waals surface area contributed by atoms with Crippen LogP contribution in [-0.2, 0) is 6.54 Å². The lowest BCUT2D eigenvalue weighted by Gasteiger charge is -2.13. The molecule has 0 saturated heterocycles. The summed E-state index contributed by atoms with van der Waals surface area (Å²) in [6.07, 6.45) is 3.52. The second kappa shape index (κ2) is 8.13. The molecular formula is C15H25NO. The van der Waals surface area contributed by atoms with Crippen LogP contribution in [0.3, 0.4) is 0 Å². The third-order valence-electron chi connectivity index (χ3n) is 2.77. The van der Waals surface area contributed by atoms with Crippen molar-refractivity contribution in [3.8, 4) is 5.75 Å². The molecular weight excluding hydrogens is 210 g/mol. The predicted octanol–water partition coefficient (Wildman–Crippen LogP) is 3.75. The molecule has 0 saturated carbocycles. The van der Waals surface area contributed by atoms with Gasteiger partial charge >= 0.3 is 0 Å². The Bertz CT molecular complexity index is 294. The highest BCUT2D eigenvalue weighted by atomic mass is 16.5. The summed E-state index contributed by atoms with van der Waals surface area (Å²) in [5.74, 6) is 0.970. The van der Waals surface area contributed by atoms with E-state index in [2.05, 4.69) is 50.4 Å². The fourth-order valence-electron chi connectivity index (χ4n) is 1.75. The highest BCUT2D eigenvalue weighted by Gasteiger charge is 2.00. The first-order chi connectivity index (χ1) is 8.26. The summed E-state index contributed by atoms with van der Waals surface area (Å²) >= 11 is 0. The van der Waals surface area contributed by atoms with Gasteiger partial charge in [0.25, 0.3) is 0 Å². The molecule has 0 spiro atoms. The zero-order valence-corrected chi connectivity index (χ0v) is 11.3. The van der Waals surface area contributed by atoms with Crippen molar-refractivity contribution in [1.82, 2.24) is 5.32 Å². The van der Waals surface area contributed by atoms with Crippen molar-refractivity contribution < 1.29 is 4.74 Å². The molecule has 1 rings (SSSR count). The number of hydrogen-bond acceptors (Lipinski definition) is 2. The molecule has 1 unspecified atom stereocenters. The van der Waals surface area contributed by atoms with E-state index in [1.54, 1.807) is 0 Å². The van der Waals surface area contributed by atoms with Gasteiger partial charge in [0.15, 0.2) is 0 Å². The molecule has 0 amide bonds. The van der Waals surface area contributed by atoms with Crippen LogP contribution in [0.1, 0.15) is 45.6 Å². The standard InChI is InChI=1S/C15H25NO/c1-4-6-13(3)16-12-14-7-9-15(10-8-14)17-11-5-2/h7-10,13,16H,4-6,11-12H2,1-3H3. The van der Waals surface area contributed by atoms with Gasteiger partial charge in [-0.3, -0.25) is 0 Å². The zero-order valence-electron chi connectivity index (χ0n) is 11.3. The summed E-state index contributed by atoms with van der Waals surface area (Å²) in [5, 5.41) is 3.52. The highest BCUT2D eigenvalue weighted by molar-refractivity contribution is 5.27. The van der Waals surface area contributed by atoms with Crippen molar-refractivity contribution in [2.24, 2.45) is 0 Å². The van der Waals surface area contributed by atoms with E-state index in [1.165, 1.54) is 18.4 Å². The zero-order chi connectivity index (χ0) is 12.5. The molecule has 0 radical (unpaired) electrons. The van der Waals surface area contributed by atoms with Gasteiger partial charge in [-0.05, 0) is 37.5 Å². The average molecular weight is 235 g/mol. The van der Waals surface area contributed by atoms with Gasteiger partial charge in [-0.2, -0.15) is 0 Å². The lowest BCUT2D eigenvalue weighted by molar-refractivity contribution is 0.317. The van der Waals surface area contributed by atoms with Crippen molar-refractivity contribution in [3.63, 3.8) is 0 Å². The van der Waals surface area contributed by atoms with Crippen LogP contribution in [0.4, 0.5) is 0 Å². The third kappa shape index (κ3) is 5.73. The van der Waals surface area contributed by atoms with Crippen molar-refractivity contribution >= 4 is 0 Å². The SMILES string of the molecule is CCCOc1ccc(CNC(C)CCC)cc1. The van der Waals surface area contributed by atoms with E-state index in [9.17, 15) is 0 Å². The van der Waals surface area contributed by atoms with E-state index < -0.39 is 0 Å². The molecule has 2 heteroatoms. The van der Waals surface area contributed by atoms with Gasteiger partial charge in [0.05, 0.1) is 6.61 Å². The van der Waals surface area contributed by atoms with Crippen LogP contribution in [-0.4, -0.2) is 12.6 Å². The molecule has 17 heavy (non-hydrogen) atoms. The van der Waals surface area contributed by atoms with Crippen LogP contribution in [0.25, 0.3) is 0 Å². The summed E-state index contributed by atoms with van der Waals surface area (Å²) < 4.78 is 5.55. The Morgan fingerprint density at radius 3 is 2.41 bits per heavy atom. The topological polar surface area (TPSA) is 21.3 Å². The van der Waals surface area contributed by atoms with Crippen LogP contribution in [0, 0.1) is 0 Å². The Balaban J connectivity index is 2.34. The normalized spacial score (nSPS) is 12.4. The first-order valence-electron chi connectivity index (χ1n) is 6.71. The summed E-state index contributed by atoms with van der Waals surface area (Å²) in [7, 11) is 0. The van der Waals surface area contributed by atoms with Crippen LogP contribution >= 0.6 is 0 Å². The maximum absolute atomic E-state index is 5.55. The predicted molar refractivity (Wildman–Crippen MR) is 73.4 cm³/mol. The maximum Gasteiger partial charge on any atom is 0.119 e. The second-order valence-corrected chi connectivity index (χ2v) is 4.56. The minimum atomic E-state index is 0.594. The van der Waals surface area contributed by atoms with Crippen LogP contribution in [0.2, 0.25) is 0 Å². The molecule has 0 aromatic heterocycles. The fourth-order valence-corrected chi connectivity index (χ4v) is 1.75. The molecule has 1 N–H and O–H groups in total. The fraction of sp³-hybridized carbons (Fsp3) is 0.600. The number of nitrogens with one attached hydrogen (secondary N) is 1. The van der Waals surface area contributed by atoms with Crippen LogP contribution in [0.5, 0.6) is 5.75 Å². The first-order valence-corrected chi connectivity index (χ1v) is 6.71. The summed E-state index contributed by atoms with van der Waals surface area (Å²) in [5.41, 5.74) is 1.32. The van der Waals surface area contributed by atoms with E-state index in [0.717, 1.165) is 25.3 Å². The van der Waals surface area contributed by atoms with Gasteiger partial charge in [0.1, 0.15) is 5.75 Å². The van der Waals surface area contributed by atoms with Crippen molar-refractivity contribution in [3.05, 3.63) is 29.8 Å². The smallest absolute Gasteiger partial charge is 0.119 e. The van der Waals surface area contributed by atoms with E-state index in [4.69, 9.17) is 4.74 Å². The molecule has 0 fully saturated rings. The highest BCUT2D eigenvalue weighted by Crippen LogP contribution is 2.12. The lowest BCUT2D eigenvalue weighted by Crippen LogP contribution is -2.24. The van der Waals surface area contributed by atoms with Crippen LogP contribution in [0.15, 0.2) is 24.3 Å². The van der Waals surface area contributed by atoms with Gasteiger partial charge in [0, 0.05) is 12.6 Å². The maximum atomic E-state index is 5.55. The molecule has 1 aromatic carbocycles. The average Bonchev–Trinajstić information content (AvgIpc) is 2.35. The van der Waals surface area contributed by atoms with Crippen LogP contribution < -0.4 is 10.1 Å². The van der Waals surface area contributed by atoms with E-state index >= 15 is 0 Å². The van der Waals surface area contributed by atoms with Gasteiger partial charge in [-0.15, -0.1) is 0 Å². The molecule has 1 aromatic rings. The van der Waals surface area contributed by atoms with Gasteiger partial charge in [0.2, 0.25) is 0 Å². The Labute approximate surface area is 105 Å². The van der Waals surface area contributed by atoms with Crippen molar-refractivity contribution in [2.45, 2.75) is 52.6 Å². The van der Waals surface area contributed by atoms with Gasteiger partial charge in [-0.1, -0.05) is 32.4 Å². The number of rotatable bonds is 8. The molecule has 1 atom stereocenters. The molecule has 96 valence electrons. The van der Waals surface area contributed by atoms with Gasteiger partial charge < -0.3 is 10.1 Å². The molecule has 0 aliphatic rings.